The third-order valence-electron chi connectivity index (χ3n) is 3.33. The molecular weight excluding hydrogens is 274 g/mol. The first-order chi connectivity index (χ1) is 9.69. The van der Waals surface area contributed by atoms with Crippen LogP contribution in [0.3, 0.4) is 0 Å². The second-order valence-corrected chi connectivity index (χ2v) is 5.20. The Kier molecular flexibility index (Phi) is 3.51. The predicted octanol–water partition coefficient (Wildman–Crippen LogP) is 3.36. The van der Waals surface area contributed by atoms with Crippen LogP contribution in [0.1, 0.15) is 17.0 Å². The highest BCUT2D eigenvalue weighted by Gasteiger charge is 2.14. The number of benzene rings is 1. The summed E-state index contributed by atoms with van der Waals surface area (Å²) in [5.74, 6) is 0.943. The standard InChI is InChI=1S/C15H16ClN3O/c1-10-13(16)9-19(18-10)8-12-11-5-3-4-6-14(11)20-15(12)7-17-2/h3-6,9,17H,7-8H2,1-2H3. The fourth-order valence-corrected chi connectivity index (χ4v) is 2.51. The van der Waals surface area contributed by atoms with Crippen LogP contribution in [0.25, 0.3) is 11.0 Å². The molecule has 0 atom stereocenters. The van der Waals surface area contributed by atoms with Crippen molar-refractivity contribution in [2.45, 2.75) is 20.0 Å². The highest BCUT2D eigenvalue weighted by Crippen LogP contribution is 2.27. The Labute approximate surface area is 122 Å². The van der Waals surface area contributed by atoms with Crippen LogP contribution in [0.5, 0.6) is 0 Å². The summed E-state index contributed by atoms with van der Waals surface area (Å²) in [5.41, 5.74) is 2.89. The number of fused-ring (bicyclic) bond motifs is 1. The van der Waals surface area contributed by atoms with E-state index in [4.69, 9.17) is 16.0 Å². The van der Waals surface area contributed by atoms with Crippen molar-refractivity contribution in [2.75, 3.05) is 7.05 Å². The summed E-state index contributed by atoms with van der Waals surface area (Å²) in [6, 6.07) is 8.06. The average Bonchev–Trinajstić information content (AvgIpc) is 2.93. The minimum absolute atomic E-state index is 0.654. The summed E-state index contributed by atoms with van der Waals surface area (Å²) in [7, 11) is 1.91. The van der Waals surface area contributed by atoms with Crippen molar-refractivity contribution in [3.8, 4) is 0 Å². The molecule has 2 heterocycles. The van der Waals surface area contributed by atoms with Gasteiger partial charge in [0.1, 0.15) is 11.3 Å². The molecule has 0 saturated carbocycles. The Morgan fingerprint density at radius 1 is 1.35 bits per heavy atom. The van der Waals surface area contributed by atoms with Gasteiger partial charge in [0.25, 0.3) is 0 Å². The lowest BCUT2D eigenvalue weighted by molar-refractivity contribution is 0.518. The molecule has 0 aliphatic rings. The molecule has 1 N–H and O–H groups in total. The molecule has 4 nitrogen and oxygen atoms in total. The molecule has 0 saturated heterocycles. The van der Waals surface area contributed by atoms with Gasteiger partial charge in [0, 0.05) is 17.1 Å². The quantitative estimate of drug-likeness (QED) is 0.801. The zero-order valence-electron chi connectivity index (χ0n) is 11.5. The molecule has 20 heavy (non-hydrogen) atoms. The molecule has 5 heteroatoms. The van der Waals surface area contributed by atoms with Crippen molar-refractivity contribution in [1.82, 2.24) is 15.1 Å². The largest absolute Gasteiger partial charge is 0.459 e. The smallest absolute Gasteiger partial charge is 0.134 e. The van der Waals surface area contributed by atoms with Crippen molar-refractivity contribution in [3.63, 3.8) is 0 Å². The van der Waals surface area contributed by atoms with Crippen molar-refractivity contribution in [3.05, 3.63) is 52.5 Å². The van der Waals surface area contributed by atoms with Gasteiger partial charge in [-0.1, -0.05) is 29.8 Å². The fraction of sp³-hybridized carbons (Fsp3) is 0.267. The van der Waals surface area contributed by atoms with E-state index >= 15 is 0 Å². The van der Waals surface area contributed by atoms with Crippen LogP contribution < -0.4 is 5.32 Å². The van der Waals surface area contributed by atoms with Crippen molar-refractivity contribution in [1.29, 1.82) is 0 Å². The molecule has 2 aromatic heterocycles. The van der Waals surface area contributed by atoms with E-state index in [0.717, 1.165) is 28.0 Å². The van der Waals surface area contributed by atoms with Crippen LogP contribution in [0.4, 0.5) is 0 Å². The van der Waals surface area contributed by atoms with E-state index in [0.29, 0.717) is 18.1 Å². The van der Waals surface area contributed by atoms with Crippen LogP contribution in [0.2, 0.25) is 5.02 Å². The molecule has 0 unspecified atom stereocenters. The predicted molar refractivity (Wildman–Crippen MR) is 80.1 cm³/mol. The lowest BCUT2D eigenvalue weighted by Gasteiger charge is -2.03. The average molecular weight is 290 g/mol. The summed E-state index contributed by atoms with van der Waals surface area (Å²) < 4.78 is 7.77. The van der Waals surface area contributed by atoms with E-state index in [1.807, 2.05) is 43.0 Å². The third-order valence-corrected chi connectivity index (χ3v) is 3.70. The Balaban J connectivity index is 2.06. The number of halogens is 1. The first-order valence-electron chi connectivity index (χ1n) is 6.52. The minimum atomic E-state index is 0.654. The van der Waals surface area contributed by atoms with E-state index in [1.165, 1.54) is 0 Å². The van der Waals surface area contributed by atoms with Gasteiger partial charge in [-0.3, -0.25) is 4.68 Å². The van der Waals surface area contributed by atoms with Gasteiger partial charge in [-0.05, 0) is 20.0 Å². The number of nitrogens with zero attached hydrogens (tertiary/aromatic N) is 2. The third kappa shape index (κ3) is 2.32. The number of hydrogen-bond donors (Lipinski definition) is 1. The van der Waals surface area contributed by atoms with Crippen molar-refractivity contribution >= 4 is 22.6 Å². The summed E-state index contributed by atoms with van der Waals surface area (Å²) in [4.78, 5) is 0. The highest BCUT2D eigenvalue weighted by molar-refractivity contribution is 6.31. The fourth-order valence-electron chi connectivity index (χ4n) is 2.36. The van der Waals surface area contributed by atoms with Gasteiger partial charge in [-0.2, -0.15) is 5.10 Å². The number of para-hydroxylation sites is 1. The monoisotopic (exact) mass is 289 g/mol. The molecule has 0 fully saturated rings. The number of rotatable bonds is 4. The molecule has 3 rings (SSSR count). The van der Waals surface area contributed by atoms with Gasteiger partial charge in [0.15, 0.2) is 0 Å². The van der Waals surface area contributed by atoms with Gasteiger partial charge < -0.3 is 9.73 Å². The Morgan fingerprint density at radius 3 is 2.85 bits per heavy atom. The molecule has 0 aliphatic carbocycles. The van der Waals surface area contributed by atoms with Crippen LogP contribution >= 0.6 is 11.6 Å². The Morgan fingerprint density at radius 2 is 2.15 bits per heavy atom. The first-order valence-corrected chi connectivity index (χ1v) is 6.90. The van der Waals surface area contributed by atoms with E-state index < -0.39 is 0 Å². The lowest BCUT2D eigenvalue weighted by Crippen LogP contribution is -2.08. The zero-order chi connectivity index (χ0) is 14.1. The molecule has 0 radical (unpaired) electrons. The topological polar surface area (TPSA) is 43.0 Å². The van der Waals surface area contributed by atoms with E-state index in [-0.39, 0.29) is 0 Å². The maximum Gasteiger partial charge on any atom is 0.134 e. The van der Waals surface area contributed by atoms with Crippen LogP contribution in [-0.2, 0) is 13.1 Å². The molecule has 1 aromatic carbocycles. The second-order valence-electron chi connectivity index (χ2n) is 4.79. The van der Waals surface area contributed by atoms with Crippen molar-refractivity contribution < 1.29 is 4.42 Å². The summed E-state index contributed by atoms with van der Waals surface area (Å²) in [6.07, 6.45) is 1.85. The number of furan rings is 1. The number of aryl methyl sites for hydroxylation is 1. The number of hydrogen-bond acceptors (Lipinski definition) is 3. The van der Waals surface area contributed by atoms with Crippen LogP contribution in [0, 0.1) is 6.92 Å². The summed E-state index contributed by atoms with van der Waals surface area (Å²) >= 11 is 6.07. The Hall–Kier alpha value is -1.78. The van der Waals surface area contributed by atoms with Gasteiger partial charge in [-0.25, -0.2) is 0 Å². The normalized spacial score (nSPS) is 11.3. The van der Waals surface area contributed by atoms with Gasteiger partial charge >= 0.3 is 0 Å². The molecule has 3 aromatic rings. The van der Waals surface area contributed by atoms with Gasteiger partial charge in [0.05, 0.1) is 23.8 Å². The van der Waals surface area contributed by atoms with E-state index in [9.17, 15) is 0 Å². The molecule has 0 amide bonds. The molecular formula is C15H16ClN3O. The molecule has 0 aliphatic heterocycles. The maximum atomic E-state index is 6.07. The highest BCUT2D eigenvalue weighted by atomic mass is 35.5. The number of aromatic nitrogens is 2. The molecule has 104 valence electrons. The second kappa shape index (κ2) is 5.31. The first kappa shape index (κ1) is 13.2. The van der Waals surface area contributed by atoms with Crippen molar-refractivity contribution in [2.24, 2.45) is 0 Å². The van der Waals surface area contributed by atoms with E-state index in [2.05, 4.69) is 16.5 Å². The van der Waals surface area contributed by atoms with E-state index in [1.54, 1.807) is 0 Å². The molecule has 0 bridgehead atoms. The Bertz CT molecular complexity index is 725. The van der Waals surface area contributed by atoms with Gasteiger partial charge in [0.2, 0.25) is 0 Å². The number of nitrogens with one attached hydrogen (secondary N) is 1. The SMILES string of the molecule is CNCc1oc2ccccc2c1Cn1cc(Cl)c(C)n1. The maximum absolute atomic E-state index is 6.07. The van der Waals surface area contributed by atoms with Gasteiger partial charge in [-0.15, -0.1) is 0 Å². The summed E-state index contributed by atoms with van der Waals surface area (Å²) in [6.45, 7) is 3.25. The molecule has 0 spiro atoms. The lowest BCUT2D eigenvalue weighted by atomic mass is 10.1. The minimum Gasteiger partial charge on any atom is -0.459 e. The van der Waals surface area contributed by atoms with Crippen LogP contribution in [-0.4, -0.2) is 16.8 Å². The zero-order valence-corrected chi connectivity index (χ0v) is 12.2. The van der Waals surface area contributed by atoms with Crippen LogP contribution in [0.15, 0.2) is 34.9 Å². The summed E-state index contributed by atoms with van der Waals surface area (Å²) in [5, 5.41) is 9.37.